The molecule has 0 saturated carbocycles. The molecule has 3 aromatic rings. The highest BCUT2D eigenvalue weighted by Crippen LogP contribution is 2.14. The van der Waals surface area contributed by atoms with Crippen LogP contribution in [-0.2, 0) is 0 Å². The minimum Gasteiger partial charge on any atom is -0.352 e. The lowest BCUT2D eigenvalue weighted by Crippen LogP contribution is -1.93. The van der Waals surface area contributed by atoms with E-state index in [1.54, 1.807) is 18.6 Å². The van der Waals surface area contributed by atoms with Crippen LogP contribution in [0.2, 0.25) is 0 Å². The Hall–Kier alpha value is -2.43. The Labute approximate surface area is 91.8 Å². The molecule has 0 aliphatic heterocycles. The Bertz CT molecular complexity index is 602. The SMILES string of the molecule is c1ncc(Nc2ccc3nccn3c2)cn1. The van der Waals surface area contributed by atoms with Crippen molar-refractivity contribution in [2.45, 2.75) is 0 Å². The molecule has 0 radical (unpaired) electrons. The molecule has 16 heavy (non-hydrogen) atoms. The maximum absolute atomic E-state index is 4.18. The Kier molecular flexibility index (Phi) is 2.00. The normalized spacial score (nSPS) is 10.5. The van der Waals surface area contributed by atoms with Crippen LogP contribution in [0.3, 0.4) is 0 Å². The standard InChI is InChI=1S/C11H9N5/c1-2-11-14-3-4-16(11)7-9(1)15-10-5-12-8-13-6-10/h1-8,15H. The second kappa shape index (κ2) is 3.62. The number of fused-ring (bicyclic) bond motifs is 1. The first-order valence-electron chi connectivity index (χ1n) is 4.86. The fraction of sp³-hybridized carbons (Fsp3) is 0. The van der Waals surface area contributed by atoms with E-state index in [4.69, 9.17) is 0 Å². The molecule has 0 spiro atoms. The average molecular weight is 211 g/mol. The monoisotopic (exact) mass is 211 g/mol. The van der Waals surface area contributed by atoms with E-state index >= 15 is 0 Å². The van der Waals surface area contributed by atoms with Gasteiger partial charge in [-0.15, -0.1) is 0 Å². The van der Waals surface area contributed by atoms with E-state index < -0.39 is 0 Å². The first kappa shape index (κ1) is 8.84. The Balaban J connectivity index is 1.94. The van der Waals surface area contributed by atoms with Gasteiger partial charge in [-0.1, -0.05) is 0 Å². The highest BCUT2D eigenvalue weighted by molar-refractivity contribution is 5.59. The summed E-state index contributed by atoms with van der Waals surface area (Å²) in [5.74, 6) is 0. The van der Waals surface area contributed by atoms with Crippen LogP contribution in [0.15, 0.2) is 49.4 Å². The van der Waals surface area contributed by atoms with Crippen LogP contribution in [0.1, 0.15) is 0 Å². The second-order valence-corrected chi connectivity index (χ2v) is 3.36. The van der Waals surface area contributed by atoms with E-state index in [1.807, 2.05) is 28.9 Å². The summed E-state index contributed by atoms with van der Waals surface area (Å²) in [6.07, 6.45) is 10.6. The van der Waals surface area contributed by atoms with Crippen molar-refractivity contribution in [3.63, 3.8) is 0 Å². The molecule has 0 bridgehead atoms. The maximum atomic E-state index is 4.18. The van der Waals surface area contributed by atoms with Gasteiger partial charge >= 0.3 is 0 Å². The van der Waals surface area contributed by atoms with Crippen LogP contribution in [0.4, 0.5) is 11.4 Å². The number of anilines is 2. The molecule has 0 aliphatic carbocycles. The van der Waals surface area contributed by atoms with Crippen LogP contribution in [-0.4, -0.2) is 19.4 Å². The zero-order valence-corrected chi connectivity index (χ0v) is 8.41. The number of aromatic nitrogens is 4. The summed E-state index contributed by atoms with van der Waals surface area (Å²) in [6.45, 7) is 0. The number of imidazole rings is 1. The zero-order chi connectivity index (χ0) is 10.8. The summed E-state index contributed by atoms with van der Waals surface area (Å²) in [5.41, 5.74) is 2.76. The molecule has 78 valence electrons. The number of hydrogen-bond acceptors (Lipinski definition) is 4. The third-order valence-corrected chi connectivity index (χ3v) is 2.24. The second-order valence-electron chi connectivity index (χ2n) is 3.36. The molecule has 0 atom stereocenters. The molecule has 3 heterocycles. The third-order valence-electron chi connectivity index (χ3n) is 2.24. The number of rotatable bonds is 2. The minimum absolute atomic E-state index is 0.863. The van der Waals surface area contributed by atoms with Crippen LogP contribution < -0.4 is 5.32 Å². The molecule has 3 aromatic heterocycles. The maximum Gasteiger partial charge on any atom is 0.136 e. The summed E-state index contributed by atoms with van der Waals surface area (Å²) in [6, 6.07) is 3.92. The van der Waals surface area contributed by atoms with Crippen molar-refractivity contribution in [1.29, 1.82) is 0 Å². The molecule has 5 nitrogen and oxygen atoms in total. The van der Waals surface area contributed by atoms with E-state index in [0.29, 0.717) is 0 Å². The first-order valence-corrected chi connectivity index (χ1v) is 4.86. The van der Waals surface area contributed by atoms with Gasteiger partial charge in [0.1, 0.15) is 12.0 Å². The largest absolute Gasteiger partial charge is 0.352 e. The minimum atomic E-state index is 0.863. The van der Waals surface area contributed by atoms with Crippen molar-refractivity contribution in [3.05, 3.63) is 49.4 Å². The lowest BCUT2D eigenvalue weighted by molar-refractivity contribution is 1.16. The van der Waals surface area contributed by atoms with E-state index in [1.165, 1.54) is 6.33 Å². The van der Waals surface area contributed by atoms with Crippen molar-refractivity contribution in [2.24, 2.45) is 0 Å². The molecular weight excluding hydrogens is 202 g/mol. The fourth-order valence-electron chi connectivity index (χ4n) is 1.52. The van der Waals surface area contributed by atoms with Crippen LogP contribution >= 0.6 is 0 Å². The quantitative estimate of drug-likeness (QED) is 0.703. The van der Waals surface area contributed by atoms with Gasteiger partial charge in [-0.2, -0.15) is 0 Å². The van der Waals surface area contributed by atoms with Crippen molar-refractivity contribution in [3.8, 4) is 0 Å². The number of nitrogens with zero attached hydrogens (tertiary/aromatic N) is 4. The lowest BCUT2D eigenvalue weighted by Gasteiger charge is -2.05. The average Bonchev–Trinajstić information content (AvgIpc) is 2.77. The molecule has 0 unspecified atom stereocenters. The molecule has 0 saturated heterocycles. The highest BCUT2D eigenvalue weighted by atomic mass is 15.0. The van der Waals surface area contributed by atoms with Gasteiger partial charge in [0, 0.05) is 18.6 Å². The van der Waals surface area contributed by atoms with Gasteiger partial charge in [0.25, 0.3) is 0 Å². The Morgan fingerprint density at radius 3 is 2.81 bits per heavy atom. The van der Waals surface area contributed by atoms with E-state index in [-0.39, 0.29) is 0 Å². The van der Waals surface area contributed by atoms with E-state index in [2.05, 4.69) is 20.3 Å². The Morgan fingerprint density at radius 2 is 1.94 bits per heavy atom. The molecule has 0 amide bonds. The molecular formula is C11H9N5. The van der Waals surface area contributed by atoms with Crippen molar-refractivity contribution in [2.75, 3.05) is 5.32 Å². The summed E-state index contributed by atoms with van der Waals surface area (Å²) >= 11 is 0. The van der Waals surface area contributed by atoms with Crippen LogP contribution in [0.5, 0.6) is 0 Å². The van der Waals surface area contributed by atoms with Crippen molar-refractivity contribution < 1.29 is 0 Å². The summed E-state index contributed by atoms with van der Waals surface area (Å²) in [5, 5.41) is 3.21. The van der Waals surface area contributed by atoms with Gasteiger partial charge in [0.2, 0.25) is 0 Å². The smallest absolute Gasteiger partial charge is 0.136 e. The number of nitrogens with one attached hydrogen (secondary N) is 1. The summed E-state index contributed by atoms with van der Waals surface area (Å²) in [4.78, 5) is 12.1. The molecule has 3 rings (SSSR count). The molecule has 0 aromatic carbocycles. The van der Waals surface area contributed by atoms with Crippen LogP contribution in [0.25, 0.3) is 5.65 Å². The predicted octanol–water partition coefficient (Wildman–Crippen LogP) is 1.87. The number of hydrogen-bond donors (Lipinski definition) is 1. The topological polar surface area (TPSA) is 55.1 Å². The Morgan fingerprint density at radius 1 is 1.06 bits per heavy atom. The van der Waals surface area contributed by atoms with Gasteiger partial charge in [-0.3, -0.25) is 0 Å². The zero-order valence-electron chi connectivity index (χ0n) is 8.41. The molecule has 0 aliphatic rings. The van der Waals surface area contributed by atoms with E-state index in [0.717, 1.165) is 17.0 Å². The predicted molar refractivity (Wildman–Crippen MR) is 60.5 cm³/mol. The first-order chi connectivity index (χ1) is 7.92. The van der Waals surface area contributed by atoms with E-state index in [9.17, 15) is 0 Å². The number of pyridine rings is 1. The molecule has 5 heteroatoms. The lowest BCUT2D eigenvalue weighted by atomic mass is 10.4. The summed E-state index contributed by atoms with van der Waals surface area (Å²) < 4.78 is 1.95. The van der Waals surface area contributed by atoms with Gasteiger partial charge in [-0.25, -0.2) is 15.0 Å². The fourth-order valence-corrected chi connectivity index (χ4v) is 1.52. The molecule has 0 fully saturated rings. The molecule has 1 N–H and O–H groups in total. The van der Waals surface area contributed by atoms with Gasteiger partial charge in [-0.05, 0) is 12.1 Å². The third kappa shape index (κ3) is 1.58. The van der Waals surface area contributed by atoms with Gasteiger partial charge in [0.15, 0.2) is 0 Å². The summed E-state index contributed by atoms with van der Waals surface area (Å²) in [7, 11) is 0. The van der Waals surface area contributed by atoms with Crippen molar-refractivity contribution >= 4 is 17.0 Å². The van der Waals surface area contributed by atoms with Crippen LogP contribution in [0, 0.1) is 0 Å². The van der Waals surface area contributed by atoms with Gasteiger partial charge in [0.05, 0.1) is 23.8 Å². The van der Waals surface area contributed by atoms with Crippen molar-refractivity contribution in [1.82, 2.24) is 19.4 Å². The highest BCUT2D eigenvalue weighted by Gasteiger charge is 1.97. The van der Waals surface area contributed by atoms with Gasteiger partial charge < -0.3 is 9.72 Å².